The number of anilines is 1. The van der Waals surface area contributed by atoms with Crippen molar-refractivity contribution >= 4 is 17.4 Å². The first-order valence-corrected chi connectivity index (χ1v) is 6.25. The van der Waals surface area contributed by atoms with Crippen LogP contribution >= 0.6 is 11.8 Å². The fourth-order valence-electron chi connectivity index (χ4n) is 1.26. The van der Waals surface area contributed by atoms with Crippen LogP contribution in [0.1, 0.15) is 13.8 Å². The van der Waals surface area contributed by atoms with E-state index in [1.165, 1.54) is 10.6 Å². The first-order chi connectivity index (χ1) is 7.22. The fraction of sp³-hybridized carbons (Fsp3) is 0.500. The topological polar surface area (TPSA) is 24.1 Å². The number of nitrogens with one attached hydrogen (secondary N) is 2. The van der Waals surface area contributed by atoms with E-state index in [-0.39, 0.29) is 0 Å². The van der Waals surface area contributed by atoms with Gasteiger partial charge in [0.1, 0.15) is 0 Å². The summed E-state index contributed by atoms with van der Waals surface area (Å²) in [6.45, 7) is 6.38. The second-order valence-corrected chi connectivity index (χ2v) is 5.37. The molecule has 3 heteroatoms. The average Bonchev–Trinajstić information content (AvgIpc) is 2.20. The molecule has 0 fully saturated rings. The molecule has 2 N–H and O–H groups in total. The van der Waals surface area contributed by atoms with E-state index in [0.29, 0.717) is 5.25 Å². The van der Waals surface area contributed by atoms with Gasteiger partial charge in [0.05, 0.1) is 0 Å². The molecule has 1 aromatic rings. The monoisotopic (exact) mass is 224 g/mol. The van der Waals surface area contributed by atoms with Crippen molar-refractivity contribution in [3.8, 4) is 0 Å². The lowest BCUT2D eigenvalue weighted by Gasteiger charge is -2.08. The van der Waals surface area contributed by atoms with Gasteiger partial charge in [0.15, 0.2) is 0 Å². The van der Waals surface area contributed by atoms with Gasteiger partial charge in [0.2, 0.25) is 0 Å². The first kappa shape index (κ1) is 12.4. The zero-order chi connectivity index (χ0) is 11.1. The minimum atomic E-state index is 0.646. The smallest absolute Gasteiger partial charge is 0.0341 e. The molecule has 0 radical (unpaired) electrons. The Balaban J connectivity index is 2.42. The third-order valence-corrected chi connectivity index (χ3v) is 2.95. The highest BCUT2D eigenvalue weighted by atomic mass is 32.2. The van der Waals surface area contributed by atoms with Crippen molar-refractivity contribution in [1.29, 1.82) is 0 Å². The Hall–Kier alpha value is -0.670. The van der Waals surface area contributed by atoms with Crippen molar-refractivity contribution in [2.24, 2.45) is 0 Å². The van der Waals surface area contributed by atoms with E-state index in [4.69, 9.17) is 0 Å². The number of thioether (sulfide) groups is 1. The van der Waals surface area contributed by atoms with Crippen LogP contribution in [0.15, 0.2) is 29.2 Å². The summed E-state index contributed by atoms with van der Waals surface area (Å²) in [5.74, 6) is 0. The van der Waals surface area contributed by atoms with Crippen LogP contribution in [0.4, 0.5) is 5.69 Å². The minimum Gasteiger partial charge on any atom is -0.384 e. The molecule has 0 saturated heterocycles. The molecule has 0 atom stereocenters. The minimum absolute atomic E-state index is 0.646. The molecule has 15 heavy (non-hydrogen) atoms. The maximum atomic E-state index is 3.35. The predicted molar refractivity (Wildman–Crippen MR) is 69.9 cm³/mol. The van der Waals surface area contributed by atoms with Gasteiger partial charge < -0.3 is 10.6 Å². The number of hydrogen-bond acceptors (Lipinski definition) is 3. The van der Waals surface area contributed by atoms with Gasteiger partial charge >= 0.3 is 0 Å². The van der Waals surface area contributed by atoms with Crippen LogP contribution in [-0.2, 0) is 0 Å². The Bertz CT molecular complexity index is 269. The quantitative estimate of drug-likeness (QED) is 0.574. The summed E-state index contributed by atoms with van der Waals surface area (Å²) < 4.78 is 0. The number of benzene rings is 1. The molecule has 0 spiro atoms. The van der Waals surface area contributed by atoms with Crippen molar-refractivity contribution in [2.45, 2.75) is 24.0 Å². The maximum absolute atomic E-state index is 3.35. The molecule has 0 aliphatic rings. The van der Waals surface area contributed by atoms with Crippen molar-refractivity contribution in [1.82, 2.24) is 5.32 Å². The normalized spacial score (nSPS) is 10.7. The van der Waals surface area contributed by atoms with Crippen LogP contribution in [0, 0.1) is 0 Å². The molecule has 1 rings (SSSR count). The molecule has 1 aromatic carbocycles. The fourth-order valence-corrected chi connectivity index (χ4v) is 2.09. The third kappa shape index (κ3) is 5.09. The van der Waals surface area contributed by atoms with Crippen molar-refractivity contribution < 1.29 is 0 Å². The van der Waals surface area contributed by atoms with Gasteiger partial charge in [-0.3, -0.25) is 0 Å². The SMILES string of the molecule is CNCCNc1ccc(SC(C)C)cc1. The molecule has 2 nitrogen and oxygen atoms in total. The Labute approximate surface area is 96.8 Å². The van der Waals surface area contributed by atoms with Gasteiger partial charge in [0.25, 0.3) is 0 Å². The van der Waals surface area contributed by atoms with Crippen LogP contribution in [-0.4, -0.2) is 25.4 Å². The first-order valence-electron chi connectivity index (χ1n) is 5.37. The van der Waals surface area contributed by atoms with E-state index in [2.05, 4.69) is 48.7 Å². The third-order valence-electron chi connectivity index (χ3n) is 1.93. The summed E-state index contributed by atoms with van der Waals surface area (Å²) in [4.78, 5) is 1.34. The molecular formula is C12H20N2S. The molecule has 0 unspecified atom stereocenters. The largest absolute Gasteiger partial charge is 0.384 e. The summed E-state index contributed by atoms with van der Waals surface area (Å²) in [5, 5.41) is 7.11. The predicted octanol–water partition coefficient (Wildman–Crippen LogP) is 2.82. The van der Waals surface area contributed by atoms with Crippen LogP contribution in [0.5, 0.6) is 0 Å². The van der Waals surface area contributed by atoms with Gasteiger partial charge in [-0.15, -0.1) is 11.8 Å². The Morgan fingerprint density at radius 3 is 2.33 bits per heavy atom. The summed E-state index contributed by atoms with van der Waals surface area (Å²) in [5.41, 5.74) is 1.19. The molecule has 0 amide bonds. The summed E-state index contributed by atoms with van der Waals surface area (Å²) in [6.07, 6.45) is 0. The number of rotatable bonds is 6. The van der Waals surface area contributed by atoms with E-state index in [0.717, 1.165) is 13.1 Å². The Kier molecular flexibility index (Phi) is 5.58. The van der Waals surface area contributed by atoms with Gasteiger partial charge in [-0.05, 0) is 31.3 Å². The molecular weight excluding hydrogens is 204 g/mol. The highest BCUT2D eigenvalue weighted by Gasteiger charge is 1.97. The van der Waals surface area contributed by atoms with Crippen LogP contribution in [0.3, 0.4) is 0 Å². The van der Waals surface area contributed by atoms with Crippen LogP contribution < -0.4 is 10.6 Å². The lowest BCUT2D eigenvalue weighted by molar-refractivity contribution is 0.824. The molecule has 0 aromatic heterocycles. The second-order valence-electron chi connectivity index (χ2n) is 3.72. The highest BCUT2D eigenvalue weighted by molar-refractivity contribution is 7.99. The van der Waals surface area contributed by atoms with Gasteiger partial charge in [-0.25, -0.2) is 0 Å². The summed E-state index contributed by atoms with van der Waals surface area (Å²) in [6, 6.07) is 8.62. The Morgan fingerprint density at radius 1 is 1.13 bits per heavy atom. The van der Waals surface area contributed by atoms with Gasteiger partial charge in [-0.1, -0.05) is 13.8 Å². The maximum Gasteiger partial charge on any atom is 0.0341 e. The zero-order valence-electron chi connectivity index (χ0n) is 9.71. The summed E-state index contributed by atoms with van der Waals surface area (Å²) >= 11 is 1.90. The van der Waals surface area contributed by atoms with Gasteiger partial charge in [-0.2, -0.15) is 0 Å². The highest BCUT2D eigenvalue weighted by Crippen LogP contribution is 2.23. The molecule has 0 bridgehead atoms. The lowest BCUT2D eigenvalue weighted by atomic mass is 10.3. The van der Waals surface area contributed by atoms with Crippen molar-refractivity contribution in [3.05, 3.63) is 24.3 Å². The Morgan fingerprint density at radius 2 is 1.80 bits per heavy atom. The van der Waals surface area contributed by atoms with E-state index in [9.17, 15) is 0 Å². The zero-order valence-corrected chi connectivity index (χ0v) is 10.5. The van der Waals surface area contributed by atoms with E-state index in [1.807, 2.05) is 18.8 Å². The number of hydrogen-bond donors (Lipinski definition) is 2. The molecule has 84 valence electrons. The van der Waals surface area contributed by atoms with Crippen LogP contribution in [0.25, 0.3) is 0 Å². The average molecular weight is 224 g/mol. The molecule has 0 aliphatic heterocycles. The second kappa shape index (κ2) is 6.75. The molecule has 0 aliphatic carbocycles. The van der Waals surface area contributed by atoms with Crippen LogP contribution in [0.2, 0.25) is 0 Å². The van der Waals surface area contributed by atoms with Crippen molar-refractivity contribution in [3.63, 3.8) is 0 Å². The molecule has 0 heterocycles. The van der Waals surface area contributed by atoms with Crippen molar-refractivity contribution in [2.75, 3.05) is 25.5 Å². The molecule has 0 saturated carbocycles. The van der Waals surface area contributed by atoms with Gasteiger partial charge in [0, 0.05) is 28.9 Å². The van der Waals surface area contributed by atoms with E-state index >= 15 is 0 Å². The van der Waals surface area contributed by atoms with E-state index in [1.54, 1.807) is 0 Å². The summed E-state index contributed by atoms with van der Waals surface area (Å²) in [7, 11) is 1.96. The standard InChI is InChI=1S/C12H20N2S/c1-10(2)15-12-6-4-11(5-7-12)14-9-8-13-3/h4-7,10,13-14H,8-9H2,1-3H3. The van der Waals surface area contributed by atoms with E-state index < -0.39 is 0 Å². The lowest BCUT2D eigenvalue weighted by Crippen LogP contribution is -2.17. The number of likely N-dealkylation sites (N-methyl/N-ethyl adjacent to an activating group) is 1.